The smallest absolute Gasteiger partial charge is 0.135 e. The number of aryl methyl sites for hydroxylation is 1. The molecule has 1 saturated heterocycles. The van der Waals surface area contributed by atoms with E-state index in [-0.39, 0.29) is 11.7 Å². The molecule has 10 heteroatoms. The highest BCUT2D eigenvalue weighted by atomic mass is 19.1. The average molecular weight is 446 g/mol. The summed E-state index contributed by atoms with van der Waals surface area (Å²) in [6.07, 6.45) is 8.69. The molecule has 4 aromatic rings. The lowest BCUT2D eigenvalue weighted by Crippen LogP contribution is -2.36. The molecule has 2 atom stereocenters. The van der Waals surface area contributed by atoms with Crippen LogP contribution in [0.5, 0.6) is 0 Å². The third-order valence-electron chi connectivity index (χ3n) is 5.71. The molecule has 168 valence electrons. The second-order valence-electron chi connectivity index (χ2n) is 8.27. The minimum absolute atomic E-state index is 0.196. The van der Waals surface area contributed by atoms with E-state index in [4.69, 9.17) is 9.97 Å². The van der Waals surface area contributed by atoms with E-state index in [1.807, 2.05) is 6.07 Å². The maximum Gasteiger partial charge on any atom is 0.135 e. The summed E-state index contributed by atoms with van der Waals surface area (Å²) < 4.78 is 16.0. The number of anilines is 2. The van der Waals surface area contributed by atoms with Crippen molar-refractivity contribution >= 4 is 11.5 Å². The Morgan fingerprint density at radius 1 is 1.09 bits per heavy atom. The molecule has 2 unspecified atom stereocenters. The molecular weight excluding hydrogens is 421 g/mol. The first-order valence-electron chi connectivity index (χ1n) is 10.9. The zero-order valence-electron chi connectivity index (χ0n) is 18.4. The lowest BCUT2D eigenvalue weighted by Gasteiger charge is -2.27. The number of piperidine rings is 1. The fourth-order valence-corrected chi connectivity index (χ4v) is 3.91. The van der Waals surface area contributed by atoms with Crippen molar-refractivity contribution < 1.29 is 4.39 Å². The first-order chi connectivity index (χ1) is 16.0. The zero-order valence-corrected chi connectivity index (χ0v) is 18.4. The van der Waals surface area contributed by atoms with E-state index in [2.05, 4.69) is 37.8 Å². The van der Waals surface area contributed by atoms with Crippen molar-refractivity contribution in [1.29, 1.82) is 0 Å². The van der Waals surface area contributed by atoms with Crippen LogP contribution < -0.4 is 10.6 Å². The second kappa shape index (κ2) is 8.99. The molecule has 0 amide bonds. The van der Waals surface area contributed by atoms with Gasteiger partial charge >= 0.3 is 0 Å². The Morgan fingerprint density at radius 2 is 2.00 bits per heavy atom. The van der Waals surface area contributed by atoms with Crippen LogP contribution in [0, 0.1) is 5.82 Å². The number of hydrogen-bond donors (Lipinski definition) is 2. The van der Waals surface area contributed by atoms with Gasteiger partial charge in [0.2, 0.25) is 0 Å². The Kier molecular flexibility index (Phi) is 5.74. The molecule has 1 aliphatic rings. The van der Waals surface area contributed by atoms with E-state index in [9.17, 15) is 4.39 Å². The molecule has 33 heavy (non-hydrogen) atoms. The van der Waals surface area contributed by atoms with E-state index in [1.165, 1.54) is 10.7 Å². The topological polar surface area (TPSA) is 106 Å². The van der Waals surface area contributed by atoms with Gasteiger partial charge in [0, 0.05) is 55.3 Å². The van der Waals surface area contributed by atoms with E-state index in [1.54, 1.807) is 44.0 Å². The number of halogens is 1. The summed E-state index contributed by atoms with van der Waals surface area (Å²) in [6.45, 7) is 3.00. The maximum atomic E-state index is 14.5. The average Bonchev–Trinajstić information content (AvgIpc) is 3.27. The van der Waals surface area contributed by atoms with Crippen molar-refractivity contribution in [2.45, 2.75) is 31.7 Å². The monoisotopic (exact) mass is 445 g/mol. The summed E-state index contributed by atoms with van der Waals surface area (Å²) in [4.78, 5) is 18.2. The Bertz CT molecular complexity index is 1250. The first-order valence-corrected chi connectivity index (χ1v) is 10.9. The van der Waals surface area contributed by atoms with Crippen LogP contribution in [0.1, 0.15) is 31.5 Å². The van der Waals surface area contributed by atoms with Crippen molar-refractivity contribution in [2.75, 3.05) is 11.9 Å². The molecule has 0 bridgehead atoms. The fourth-order valence-electron chi connectivity index (χ4n) is 3.91. The van der Waals surface area contributed by atoms with Crippen molar-refractivity contribution in [3.8, 4) is 22.6 Å². The number of nitrogens with zero attached hydrogens (tertiary/aromatic N) is 7. The maximum absolute atomic E-state index is 14.5. The van der Waals surface area contributed by atoms with Crippen molar-refractivity contribution in [2.24, 2.45) is 7.05 Å². The van der Waals surface area contributed by atoms with Crippen LogP contribution in [0.4, 0.5) is 15.9 Å². The molecule has 1 aliphatic heterocycles. The van der Waals surface area contributed by atoms with Crippen LogP contribution in [0.15, 0.2) is 49.1 Å². The van der Waals surface area contributed by atoms with Crippen LogP contribution in [-0.4, -0.2) is 47.5 Å². The predicted octanol–water partition coefficient (Wildman–Crippen LogP) is 3.47. The predicted molar refractivity (Wildman–Crippen MR) is 122 cm³/mol. The first kappa shape index (κ1) is 21.1. The van der Waals surface area contributed by atoms with E-state index < -0.39 is 0 Å². The molecule has 0 saturated carbocycles. The minimum Gasteiger partial charge on any atom is -0.340 e. The van der Waals surface area contributed by atoms with Crippen molar-refractivity contribution in [3.05, 3.63) is 60.7 Å². The number of benzene rings is 1. The van der Waals surface area contributed by atoms with Gasteiger partial charge in [-0.25, -0.2) is 14.4 Å². The lowest BCUT2D eigenvalue weighted by molar-refractivity contribution is 0.376. The summed E-state index contributed by atoms with van der Waals surface area (Å²) in [5, 5.41) is 14.7. The Labute approximate surface area is 190 Å². The van der Waals surface area contributed by atoms with Crippen LogP contribution in [0.2, 0.25) is 0 Å². The molecule has 5 rings (SSSR count). The van der Waals surface area contributed by atoms with Gasteiger partial charge in [-0.3, -0.25) is 14.6 Å². The summed E-state index contributed by atoms with van der Waals surface area (Å²) in [5.74, 6) is 1.18. The highest BCUT2D eigenvalue weighted by Gasteiger charge is 2.23. The third-order valence-corrected chi connectivity index (χ3v) is 5.71. The SMILES string of the molecule is CC1CCC(c2nc(Nc3ccc(F)c(-c4cn(C)nn4)c3)cc(-c3cnccn3)n2)CN1. The Morgan fingerprint density at radius 3 is 2.73 bits per heavy atom. The number of hydrogen-bond acceptors (Lipinski definition) is 8. The van der Waals surface area contributed by atoms with E-state index >= 15 is 0 Å². The number of aromatic nitrogens is 7. The quantitative estimate of drug-likeness (QED) is 0.481. The molecule has 1 fully saturated rings. The Hall–Kier alpha value is -3.79. The Balaban J connectivity index is 1.50. The van der Waals surface area contributed by atoms with Gasteiger partial charge in [0.05, 0.1) is 18.1 Å². The van der Waals surface area contributed by atoms with Gasteiger partial charge in [0.15, 0.2) is 0 Å². The highest BCUT2D eigenvalue weighted by molar-refractivity contribution is 5.69. The van der Waals surface area contributed by atoms with Crippen molar-refractivity contribution in [3.63, 3.8) is 0 Å². The van der Waals surface area contributed by atoms with Gasteiger partial charge < -0.3 is 10.6 Å². The molecule has 0 aliphatic carbocycles. The lowest BCUT2D eigenvalue weighted by atomic mass is 9.94. The van der Waals surface area contributed by atoms with Crippen LogP contribution in [0.3, 0.4) is 0 Å². The minimum atomic E-state index is -0.368. The van der Waals surface area contributed by atoms with Gasteiger partial charge in [-0.15, -0.1) is 5.10 Å². The van der Waals surface area contributed by atoms with Gasteiger partial charge in [-0.05, 0) is 38.0 Å². The van der Waals surface area contributed by atoms with E-state index in [0.717, 1.165) is 25.2 Å². The normalized spacial score (nSPS) is 18.3. The summed E-state index contributed by atoms with van der Waals surface area (Å²) in [7, 11) is 1.74. The molecular formula is C23H24FN9. The van der Waals surface area contributed by atoms with Crippen LogP contribution in [-0.2, 0) is 7.05 Å². The van der Waals surface area contributed by atoms with Crippen LogP contribution >= 0.6 is 0 Å². The molecule has 9 nitrogen and oxygen atoms in total. The van der Waals surface area contributed by atoms with Crippen LogP contribution in [0.25, 0.3) is 22.6 Å². The summed E-state index contributed by atoms with van der Waals surface area (Å²) >= 11 is 0. The summed E-state index contributed by atoms with van der Waals surface area (Å²) in [5.41, 5.74) is 2.86. The molecule has 0 radical (unpaired) electrons. The summed E-state index contributed by atoms with van der Waals surface area (Å²) in [6, 6.07) is 7.10. The van der Waals surface area contributed by atoms with E-state index in [0.29, 0.717) is 40.2 Å². The molecule has 2 N–H and O–H groups in total. The number of rotatable bonds is 5. The molecule has 1 aromatic carbocycles. The van der Waals surface area contributed by atoms with Gasteiger partial charge in [-0.1, -0.05) is 5.21 Å². The van der Waals surface area contributed by atoms with Crippen molar-refractivity contribution in [1.82, 2.24) is 40.2 Å². The second-order valence-corrected chi connectivity index (χ2v) is 8.27. The van der Waals surface area contributed by atoms with Gasteiger partial charge in [0.25, 0.3) is 0 Å². The molecule has 0 spiro atoms. The standard InChI is InChI=1S/C23H24FN9/c1-14-3-4-15(11-27-14)23-29-19(20-12-25-7-8-26-20)10-22(30-23)28-16-5-6-18(24)17(9-16)21-13-33(2)32-31-21/h5-10,12-15,27H,3-4,11H2,1-2H3,(H,28,29,30). The highest BCUT2D eigenvalue weighted by Crippen LogP contribution is 2.29. The fraction of sp³-hybridized carbons (Fsp3) is 0.304. The molecule has 3 aromatic heterocycles. The zero-order chi connectivity index (χ0) is 22.8. The third kappa shape index (κ3) is 4.70. The number of nitrogens with one attached hydrogen (secondary N) is 2. The molecule has 4 heterocycles. The largest absolute Gasteiger partial charge is 0.340 e. The van der Waals surface area contributed by atoms with Gasteiger partial charge in [-0.2, -0.15) is 0 Å². The van der Waals surface area contributed by atoms with Gasteiger partial charge in [0.1, 0.15) is 28.8 Å².